The van der Waals surface area contributed by atoms with Crippen LogP contribution in [0.25, 0.3) is 17.2 Å². The van der Waals surface area contributed by atoms with E-state index in [-0.39, 0.29) is 6.42 Å². The van der Waals surface area contributed by atoms with Crippen LogP contribution in [-0.2, 0) is 21.1 Å². The summed E-state index contributed by atoms with van der Waals surface area (Å²) in [7, 11) is -3.70. The van der Waals surface area contributed by atoms with Gasteiger partial charge in [-0.05, 0) is 48.9 Å². The Kier molecular flexibility index (Phi) is 7.35. The Morgan fingerprint density at radius 1 is 1.10 bits per heavy atom. The number of aliphatic hydroxyl groups is 1. The molecule has 2 atom stereocenters. The fraction of sp³-hybridized carbons (Fsp3) is 0.318. The van der Waals surface area contributed by atoms with Gasteiger partial charge in [0.25, 0.3) is 5.91 Å². The SMILES string of the molecule is CC(O)/C=C/c1ccc(-c2ccc(CCC(C)(C(=O)NO)S(C)(=O)=O)cc2)cc1. The number of aryl methyl sites for hydroxylation is 1. The van der Waals surface area contributed by atoms with E-state index >= 15 is 0 Å². The van der Waals surface area contributed by atoms with Crippen LogP contribution in [0.1, 0.15) is 31.4 Å². The normalized spacial score (nSPS) is 15.1. The maximum atomic E-state index is 12.0. The van der Waals surface area contributed by atoms with E-state index < -0.39 is 26.6 Å². The summed E-state index contributed by atoms with van der Waals surface area (Å²) in [5.41, 5.74) is 5.40. The Labute approximate surface area is 171 Å². The van der Waals surface area contributed by atoms with Gasteiger partial charge in [-0.1, -0.05) is 60.7 Å². The zero-order valence-corrected chi connectivity index (χ0v) is 17.6. The predicted octanol–water partition coefficient (Wildman–Crippen LogP) is 2.99. The van der Waals surface area contributed by atoms with Crippen LogP contribution in [0, 0.1) is 0 Å². The van der Waals surface area contributed by atoms with E-state index in [2.05, 4.69) is 0 Å². The van der Waals surface area contributed by atoms with E-state index in [1.54, 1.807) is 13.0 Å². The van der Waals surface area contributed by atoms with Crippen molar-refractivity contribution in [2.75, 3.05) is 6.26 Å². The third-order valence-corrected chi connectivity index (χ3v) is 7.08. The predicted molar refractivity (Wildman–Crippen MR) is 114 cm³/mol. The molecule has 2 rings (SSSR count). The van der Waals surface area contributed by atoms with Crippen molar-refractivity contribution in [1.82, 2.24) is 5.48 Å². The van der Waals surface area contributed by atoms with Crippen LogP contribution in [0.2, 0.25) is 0 Å². The van der Waals surface area contributed by atoms with Gasteiger partial charge in [0.15, 0.2) is 9.84 Å². The molecule has 0 aliphatic rings. The molecule has 2 aromatic rings. The van der Waals surface area contributed by atoms with Gasteiger partial charge < -0.3 is 5.11 Å². The van der Waals surface area contributed by atoms with Crippen molar-refractivity contribution in [2.24, 2.45) is 0 Å². The number of hydrogen-bond acceptors (Lipinski definition) is 5. The molecule has 0 aromatic heterocycles. The second-order valence-electron chi connectivity index (χ2n) is 7.36. The summed E-state index contributed by atoms with van der Waals surface area (Å²) < 4.78 is 22.4. The molecule has 6 nitrogen and oxygen atoms in total. The Balaban J connectivity index is 2.11. The smallest absolute Gasteiger partial charge is 0.264 e. The lowest BCUT2D eigenvalue weighted by Gasteiger charge is -2.25. The summed E-state index contributed by atoms with van der Waals surface area (Å²) in [5, 5.41) is 18.2. The Hall–Kier alpha value is -2.48. The third kappa shape index (κ3) is 5.76. The fourth-order valence-corrected chi connectivity index (χ4v) is 3.72. The maximum Gasteiger partial charge on any atom is 0.264 e. The van der Waals surface area contributed by atoms with Crippen molar-refractivity contribution in [3.63, 3.8) is 0 Å². The topological polar surface area (TPSA) is 104 Å². The minimum absolute atomic E-state index is 0.0574. The lowest BCUT2D eigenvalue weighted by Crippen LogP contribution is -2.49. The Morgan fingerprint density at radius 2 is 1.62 bits per heavy atom. The van der Waals surface area contributed by atoms with E-state index in [9.17, 15) is 18.3 Å². The summed E-state index contributed by atoms with van der Waals surface area (Å²) in [5.74, 6) is -0.929. The molecule has 0 saturated heterocycles. The van der Waals surface area contributed by atoms with E-state index in [1.807, 2.05) is 54.6 Å². The molecule has 0 aliphatic carbocycles. The van der Waals surface area contributed by atoms with E-state index in [4.69, 9.17) is 5.21 Å². The summed E-state index contributed by atoms with van der Waals surface area (Å²) in [6.07, 6.45) is 4.51. The van der Waals surface area contributed by atoms with Gasteiger partial charge in [0.2, 0.25) is 0 Å². The minimum atomic E-state index is -3.70. The van der Waals surface area contributed by atoms with Crippen LogP contribution >= 0.6 is 0 Å². The number of carbonyl (C=O) groups excluding carboxylic acids is 1. The minimum Gasteiger partial charge on any atom is -0.389 e. The molecule has 0 heterocycles. The molecule has 2 aromatic carbocycles. The Bertz CT molecular complexity index is 963. The number of hydrogen-bond donors (Lipinski definition) is 3. The molecule has 0 aliphatic heterocycles. The molecule has 7 heteroatoms. The number of nitrogens with one attached hydrogen (secondary N) is 1. The molecule has 1 amide bonds. The van der Waals surface area contributed by atoms with Crippen molar-refractivity contribution >= 4 is 21.8 Å². The fourth-order valence-electron chi connectivity index (χ4n) is 2.87. The first-order valence-electron chi connectivity index (χ1n) is 9.26. The van der Waals surface area contributed by atoms with Gasteiger partial charge in [0.1, 0.15) is 4.75 Å². The molecular formula is C22H27NO5S. The van der Waals surface area contributed by atoms with Gasteiger partial charge in [-0.2, -0.15) is 0 Å². The maximum absolute atomic E-state index is 12.0. The van der Waals surface area contributed by atoms with Crippen molar-refractivity contribution in [1.29, 1.82) is 0 Å². The van der Waals surface area contributed by atoms with Gasteiger partial charge in [0.05, 0.1) is 6.10 Å². The molecular weight excluding hydrogens is 390 g/mol. The van der Waals surface area contributed by atoms with Gasteiger partial charge in [-0.25, -0.2) is 13.9 Å². The molecule has 0 bridgehead atoms. The number of benzene rings is 2. The average Bonchev–Trinajstić information content (AvgIpc) is 2.69. The van der Waals surface area contributed by atoms with Crippen molar-refractivity contribution in [3.8, 4) is 11.1 Å². The zero-order chi connectivity index (χ0) is 21.7. The molecule has 0 radical (unpaired) electrons. The highest BCUT2D eigenvalue weighted by Crippen LogP contribution is 2.25. The molecule has 3 N–H and O–H groups in total. The summed E-state index contributed by atoms with van der Waals surface area (Å²) >= 11 is 0. The van der Waals surface area contributed by atoms with Gasteiger partial charge in [-0.3, -0.25) is 10.0 Å². The van der Waals surface area contributed by atoms with Crippen LogP contribution in [0.5, 0.6) is 0 Å². The first kappa shape index (κ1) is 22.8. The Morgan fingerprint density at radius 3 is 2.07 bits per heavy atom. The highest BCUT2D eigenvalue weighted by atomic mass is 32.2. The second kappa shape index (κ2) is 9.35. The quantitative estimate of drug-likeness (QED) is 0.453. The van der Waals surface area contributed by atoms with E-state index in [0.29, 0.717) is 6.42 Å². The largest absolute Gasteiger partial charge is 0.389 e. The van der Waals surface area contributed by atoms with Gasteiger partial charge >= 0.3 is 0 Å². The standard InChI is InChI=1S/C22H27NO5S/c1-16(24)4-5-17-6-10-19(11-7-17)20-12-8-18(9-13-20)14-15-22(2,21(25)23-26)29(3,27)28/h4-13,16,24,26H,14-15H2,1-3H3,(H,23,25)/b5-4+. The second-order valence-corrected chi connectivity index (χ2v) is 9.81. The highest BCUT2D eigenvalue weighted by Gasteiger charge is 2.43. The van der Waals surface area contributed by atoms with Crippen LogP contribution in [0.15, 0.2) is 54.6 Å². The molecule has 2 unspecified atom stereocenters. The van der Waals surface area contributed by atoms with E-state index in [0.717, 1.165) is 28.5 Å². The van der Waals surface area contributed by atoms with Crippen LogP contribution < -0.4 is 5.48 Å². The van der Waals surface area contributed by atoms with Crippen molar-refractivity contribution in [3.05, 3.63) is 65.7 Å². The summed E-state index contributed by atoms with van der Waals surface area (Å²) in [6.45, 7) is 3.01. The number of sulfone groups is 1. The van der Waals surface area contributed by atoms with Gasteiger partial charge in [0, 0.05) is 6.26 Å². The lowest BCUT2D eigenvalue weighted by atomic mass is 9.97. The first-order valence-corrected chi connectivity index (χ1v) is 11.2. The summed E-state index contributed by atoms with van der Waals surface area (Å²) in [4.78, 5) is 11.9. The first-order chi connectivity index (χ1) is 13.6. The molecule has 0 saturated carbocycles. The number of carbonyl (C=O) groups is 1. The number of aliphatic hydroxyl groups excluding tert-OH is 1. The average molecular weight is 418 g/mol. The zero-order valence-electron chi connectivity index (χ0n) is 16.8. The molecule has 0 fully saturated rings. The van der Waals surface area contributed by atoms with Crippen LogP contribution in [0.3, 0.4) is 0 Å². The van der Waals surface area contributed by atoms with Crippen molar-refractivity contribution < 1.29 is 23.5 Å². The number of amides is 1. The molecule has 156 valence electrons. The highest BCUT2D eigenvalue weighted by molar-refractivity contribution is 7.92. The van der Waals surface area contributed by atoms with Crippen molar-refractivity contribution in [2.45, 2.75) is 37.5 Å². The number of hydroxylamine groups is 1. The lowest BCUT2D eigenvalue weighted by molar-refractivity contribution is -0.131. The van der Waals surface area contributed by atoms with Crippen LogP contribution in [0.4, 0.5) is 0 Å². The number of rotatable bonds is 8. The summed E-state index contributed by atoms with van der Waals surface area (Å²) in [6, 6.07) is 15.6. The monoisotopic (exact) mass is 417 g/mol. The van der Waals surface area contributed by atoms with Gasteiger partial charge in [-0.15, -0.1) is 0 Å². The third-order valence-electron chi connectivity index (χ3n) is 5.06. The van der Waals surface area contributed by atoms with Crippen LogP contribution in [-0.4, -0.2) is 41.7 Å². The molecule has 0 spiro atoms. The van der Waals surface area contributed by atoms with E-state index in [1.165, 1.54) is 12.4 Å². The molecule has 29 heavy (non-hydrogen) atoms.